The average Bonchev–Trinajstić information content (AvgIpc) is 2.41. The van der Waals surface area contributed by atoms with Gasteiger partial charge >= 0.3 is 5.63 Å². The van der Waals surface area contributed by atoms with E-state index in [0.717, 1.165) is 5.39 Å². The van der Waals surface area contributed by atoms with Crippen molar-refractivity contribution in [2.24, 2.45) is 0 Å². The highest BCUT2D eigenvalue weighted by Crippen LogP contribution is 2.26. The van der Waals surface area contributed by atoms with Crippen LogP contribution in [0.25, 0.3) is 22.1 Å². The lowest BCUT2D eigenvalue weighted by Crippen LogP contribution is -2.03. The van der Waals surface area contributed by atoms with Gasteiger partial charge in [-0.25, -0.2) is 4.79 Å². The number of fused-ring (bicyclic) bond motifs is 1. The quantitative estimate of drug-likeness (QED) is 0.542. The van der Waals surface area contributed by atoms with Crippen molar-refractivity contribution in [2.45, 2.75) is 0 Å². The maximum atomic E-state index is 12.0. The second-order valence-corrected chi connectivity index (χ2v) is 4.63. The van der Waals surface area contributed by atoms with Crippen LogP contribution in [0, 0.1) is 0 Å². The number of rotatable bonds is 1. The first-order chi connectivity index (χ1) is 9.15. The van der Waals surface area contributed by atoms with E-state index in [1.807, 2.05) is 18.2 Å². The molecule has 0 saturated carbocycles. The van der Waals surface area contributed by atoms with Crippen molar-refractivity contribution in [3.05, 3.63) is 64.0 Å². The molecule has 94 valence electrons. The molecule has 0 bridgehead atoms. The van der Waals surface area contributed by atoms with Crippen molar-refractivity contribution in [3.8, 4) is 11.1 Å². The summed E-state index contributed by atoms with van der Waals surface area (Å²) in [7, 11) is 0. The first-order valence-corrected chi connectivity index (χ1v) is 6.11. The minimum Gasteiger partial charge on any atom is -0.422 e. The summed E-state index contributed by atoms with van der Waals surface area (Å²) in [4.78, 5) is 12.0. The van der Waals surface area contributed by atoms with Gasteiger partial charge in [0.15, 0.2) is 0 Å². The Labute approximate surface area is 114 Å². The normalized spacial score (nSPS) is 10.8. The summed E-state index contributed by atoms with van der Waals surface area (Å²) in [5, 5.41) is 1.33. The monoisotopic (exact) mass is 271 g/mol. The van der Waals surface area contributed by atoms with Gasteiger partial charge in [-0.05, 0) is 29.8 Å². The molecule has 3 nitrogen and oxygen atoms in total. The lowest BCUT2D eigenvalue weighted by atomic mass is 10.1. The maximum absolute atomic E-state index is 12.0. The van der Waals surface area contributed by atoms with E-state index in [2.05, 4.69) is 0 Å². The largest absolute Gasteiger partial charge is 0.422 e. The van der Waals surface area contributed by atoms with Gasteiger partial charge in [-0.2, -0.15) is 0 Å². The Bertz CT molecular complexity index is 824. The number of hydrogen-bond donors (Lipinski definition) is 1. The average molecular weight is 272 g/mol. The third-order valence-electron chi connectivity index (χ3n) is 2.95. The molecule has 4 heteroatoms. The third-order valence-corrected chi connectivity index (χ3v) is 3.29. The van der Waals surface area contributed by atoms with E-state index in [0.29, 0.717) is 27.4 Å². The summed E-state index contributed by atoms with van der Waals surface area (Å²) in [5.41, 5.74) is 7.54. The van der Waals surface area contributed by atoms with Crippen molar-refractivity contribution < 1.29 is 4.42 Å². The Balaban J connectivity index is 2.27. The van der Waals surface area contributed by atoms with Crippen molar-refractivity contribution >= 4 is 28.3 Å². The van der Waals surface area contributed by atoms with Crippen LogP contribution in [0.15, 0.2) is 57.7 Å². The predicted molar refractivity (Wildman–Crippen MR) is 77.3 cm³/mol. The lowest BCUT2D eigenvalue weighted by Gasteiger charge is -2.04. The van der Waals surface area contributed by atoms with E-state index in [1.165, 1.54) is 0 Å². The summed E-state index contributed by atoms with van der Waals surface area (Å²) in [6.07, 6.45) is 0. The SMILES string of the molecule is Nc1cc(-c2cc3ccccc3oc2=O)ccc1Cl. The molecule has 1 heterocycles. The Morgan fingerprint density at radius 3 is 2.63 bits per heavy atom. The van der Waals surface area contributed by atoms with Crippen molar-refractivity contribution in [3.63, 3.8) is 0 Å². The molecular weight excluding hydrogens is 262 g/mol. The molecular formula is C15H10ClNO2. The zero-order valence-electron chi connectivity index (χ0n) is 9.89. The summed E-state index contributed by atoms with van der Waals surface area (Å²) in [5.74, 6) is 0. The van der Waals surface area contributed by atoms with Crippen LogP contribution < -0.4 is 11.4 Å². The van der Waals surface area contributed by atoms with E-state index in [-0.39, 0.29) is 5.63 Å². The number of nitrogens with two attached hydrogens (primary N) is 1. The number of hydrogen-bond acceptors (Lipinski definition) is 3. The third kappa shape index (κ3) is 2.09. The van der Waals surface area contributed by atoms with Crippen LogP contribution in [0.4, 0.5) is 5.69 Å². The number of halogens is 1. The summed E-state index contributed by atoms with van der Waals surface area (Å²) in [6.45, 7) is 0. The van der Waals surface area contributed by atoms with Gasteiger partial charge < -0.3 is 10.2 Å². The molecule has 3 aromatic rings. The van der Waals surface area contributed by atoms with E-state index >= 15 is 0 Å². The van der Waals surface area contributed by atoms with Gasteiger partial charge in [0.25, 0.3) is 0 Å². The number of anilines is 1. The fourth-order valence-corrected chi connectivity index (χ4v) is 2.09. The predicted octanol–water partition coefficient (Wildman–Crippen LogP) is 3.70. The lowest BCUT2D eigenvalue weighted by molar-refractivity contribution is 0.563. The van der Waals surface area contributed by atoms with Gasteiger partial charge in [-0.1, -0.05) is 35.9 Å². The molecule has 0 spiro atoms. The van der Waals surface area contributed by atoms with Gasteiger partial charge in [0, 0.05) is 5.39 Å². The van der Waals surface area contributed by atoms with E-state index < -0.39 is 0 Å². The first-order valence-electron chi connectivity index (χ1n) is 5.73. The van der Waals surface area contributed by atoms with Gasteiger partial charge in [-0.15, -0.1) is 0 Å². The number of benzene rings is 2. The van der Waals surface area contributed by atoms with Crippen molar-refractivity contribution in [2.75, 3.05) is 5.73 Å². The fraction of sp³-hybridized carbons (Fsp3) is 0. The molecule has 2 N–H and O–H groups in total. The van der Waals surface area contributed by atoms with E-state index in [9.17, 15) is 4.79 Å². The summed E-state index contributed by atoms with van der Waals surface area (Å²) < 4.78 is 5.29. The molecule has 0 atom stereocenters. The number of nitrogen functional groups attached to an aromatic ring is 1. The van der Waals surface area contributed by atoms with Crippen LogP contribution in [-0.2, 0) is 0 Å². The molecule has 0 fully saturated rings. The van der Waals surface area contributed by atoms with Crippen molar-refractivity contribution in [1.29, 1.82) is 0 Å². The summed E-state index contributed by atoms with van der Waals surface area (Å²) >= 11 is 5.88. The second-order valence-electron chi connectivity index (χ2n) is 4.22. The molecule has 0 aliphatic carbocycles. The maximum Gasteiger partial charge on any atom is 0.344 e. The smallest absolute Gasteiger partial charge is 0.344 e. The van der Waals surface area contributed by atoms with Gasteiger partial charge in [0.05, 0.1) is 16.3 Å². The molecule has 0 radical (unpaired) electrons. The molecule has 1 aromatic heterocycles. The van der Waals surface area contributed by atoms with Gasteiger partial charge in [-0.3, -0.25) is 0 Å². The minimum atomic E-state index is -0.388. The van der Waals surface area contributed by atoms with Crippen LogP contribution in [0.1, 0.15) is 0 Å². The fourth-order valence-electron chi connectivity index (χ4n) is 1.97. The van der Waals surface area contributed by atoms with E-state index in [1.54, 1.807) is 30.3 Å². The first kappa shape index (κ1) is 11.8. The van der Waals surface area contributed by atoms with Crippen LogP contribution >= 0.6 is 11.6 Å². The Morgan fingerprint density at radius 1 is 1.05 bits per heavy atom. The highest BCUT2D eigenvalue weighted by atomic mass is 35.5. The highest BCUT2D eigenvalue weighted by molar-refractivity contribution is 6.33. The Kier molecular flexibility index (Phi) is 2.76. The topological polar surface area (TPSA) is 56.2 Å². The van der Waals surface area contributed by atoms with Gasteiger partial charge in [0.2, 0.25) is 0 Å². The van der Waals surface area contributed by atoms with Crippen molar-refractivity contribution in [1.82, 2.24) is 0 Å². The highest BCUT2D eigenvalue weighted by Gasteiger charge is 2.08. The van der Waals surface area contributed by atoms with Crippen LogP contribution in [-0.4, -0.2) is 0 Å². The molecule has 0 unspecified atom stereocenters. The zero-order valence-corrected chi connectivity index (χ0v) is 10.6. The molecule has 0 aliphatic heterocycles. The van der Waals surface area contributed by atoms with Crippen LogP contribution in [0.3, 0.4) is 0 Å². The number of para-hydroxylation sites is 1. The van der Waals surface area contributed by atoms with Crippen LogP contribution in [0.2, 0.25) is 5.02 Å². The molecule has 0 saturated heterocycles. The molecule has 0 aliphatic rings. The Morgan fingerprint density at radius 2 is 1.84 bits per heavy atom. The van der Waals surface area contributed by atoms with Crippen LogP contribution in [0.5, 0.6) is 0 Å². The molecule has 2 aromatic carbocycles. The van der Waals surface area contributed by atoms with E-state index in [4.69, 9.17) is 21.8 Å². The molecule has 19 heavy (non-hydrogen) atoms. The molecule has 0 amide bonds. The zero-order chi connectivity index (χ0) is 13.4. The minimum absolute atomic E-state index is 0.388. The second kappa shape index (κ2) is 4.44. The molecule has 3 rings (SSSR count). The van der Waals surface area contributed by atoms with Gasteiger partial charge in [0.1, 0.15) is 5.58 Å². The standard InChI is InChI=1S/C15H10ClNO2/c16-12-6-5-9(8-13(12)17)11-7-10-3-1-2-4-14(10)19-15(11)18/h1-8H,17H2. The Hall–Kier alpha value is -2.26. The summed E-state index contributed by atoms with van der Waals surface area (Å²) in [6, 6.07) is 14.2.